The second-order valence-corrected chi connectivity index (χ2v) is 5.42. The number of carboxylic acid groups (broad SMARTS) is 1. The van der Waals surface area contributed by atoms with Crippen molar-refractivity contribution in [3.63, 3.8) is 0 Å². The number of aliphatic carboxylic acids is 1. The largest absolute Gasteiger partial charge is 0.481 e. The van der Waals surface area contributed by atoms with Gasteiger partial charge in [0.05, 0.1) is 0 Å². The number of hydrogen-bond donors (Lipinski definition) is 4. The molecule has 0 bridgehead atoms. The van der Waals surface area contributed by atoms with E-state index >= 15 is 0 Å². The number of carboxylic acids is 1. The molecular formula is C17H23N3O2S. The molecule has 0 aliphatic heterocycles. The molecule has 0 unspecified atom stereocenters. The highest BCUT2D eigenvalue weighted by Gasteiger charge is 1.93. The molecule has 0 amide bonds. The van der Waals surface area contributed by atoms with E-state index in [4.69, 9.17) is 15.3 Å². The van der Waals surface area contributed by atoms with E-state index in [2.05, 4.69) is 72.1 Å². The molecule has 6 N–H and O–H groups in total. The summed E-state index contributed by atoms with van der Waals surface area (Å²) in [5, 5.41) is 13.5. The van der Waals surface area contributed by atoms with Crippen LogP contribution in [0.1, 0.15) is 18.1 Å². The van der Waals surface area contributed by atoms with E-state index in [1.807, 2.05) is 11.8 Å². The number of thioether (sulfide) groups is 1. The normalized spacial score (nSPS) is 8.74. The smallest absolute Gasteiger partial charge is 0.300 e. The fraction of sp³-hybridized carbons (Fsp3) is 0.176. The lowest BCUT2D eigenvalue weighted by Gasteiger charge is -2.01. The van der Waals surface area contributed by atoms with E-state index in [-0.39, 0.29) is 5.96 Å². The minimum atomic E-state index is -0.833. The first-order valence-electron chi connectivity index (χ1n) is 6.86. The van der Waals surface area contributed by atoms with Gasteiger partial charge in [-0.05, 0) is 11.1 Å². The molecular weight excluding hydrogens is 310 g/mol. The summed E-state index contributed by atoms with van der Waals surface area (Å²) in [7, 11) is 0. The lowest BCUT2D eigenvalue weighted by Crippen LogP contribution is -2.20. The number of nitrogens with one attached hydrogen (secondary N) is 1. The van der Waals surface area contributed by atoms with Crippen molar-refractivity contribution in [2.24, 2.45) is 11.5 Å². The predicted molar refractivity (Wildman–Crippen MR) is 97.3 cm³/mol. The van der Waals surface area contributed by atoms with Crippen LogP contribution in [0.2, 0.25) is 0 Å². The van der Waals surface area contributed by atoms with Gasteiger partial charge in [0.1, 0.15) is 0 Å². The van der Waals surface area contributed by atoms with Crippen LogP contribution in [0.3, 0.4) is 0 Å². The first-order valence-corrected chi connectivity index (χ1v) is 8.02. The van der Waals surface area contributed by atoms with Gasteiger partial charge in [0, 0.05) is 18.4 Å². The zero-order valence-electron chi connectivity index (χ0n) is 13.1. The maximum atomic E-state index is 9.00. The predicted octanol–water partition coefficient (Wildman–Crippen LogP) is 3.05. The van der Waals surface area contributed by atoms with Gasteiger partial charge in [-0.25, -0.2) is 0 Å². The molecule has 2 rings (SSSR count). The maximum absolute atomic E-state index is 9.00. The Morgan fingerprint density at radius 1 is 0.957 bits per heavy atom. The molecule has 0 radical (unpaired) electrons. The molecule has 6 heteroatoms. The van der Waals surface area contributed by atoms with Crippen LogP contribution in [0.15, 0.2) is 60.7 Å². The van der Waals surface area contributed by atoms with Crippen LogP contribution in [0, 0.1) is 5.41 Å². The van der Waals surface area contributed by atoms with Gasteiger partial charge in [0.2, 0.25) is 0 Å². The molecule has 2 aromatic carbocycles. The van der Waals surface area contributed by atoms with Crippen LogP contribution < -0.4 is 11.5 Å². The molecule has 0 spiro atoms. The topological polar surface area (TPSA) is 113 Å². The number of guanidine groups is 1. The minimum Gasteiger partial charge on any atom is -0.481 e. The summed E-state index contributed by atoms with van der Waals surface area (Å²) in [6.07, 6.45) is 0. The number of benzene rings is 2. The molecule has 23 heavy (non-hydrogen) atoms. The summed E-state index contributed by atoms with van der Waals surface area (Å²) in [6, 6.07) is 21.2. The van der Waals surface area contributed by atoms with Crippen molar-refractivity contribution in [1.82, 2.24) is 0 Å². The molecule has 0 aromatic heterocycles. The Balaban J connectivity index is 0.000000509. The Bertz CT molecular complexity index is 503. The molecule has 0 aliphatic rings. The van der Waals surface area contributed by atoms with Crippen LogP contribution in [0.4, 0.5) is 0 Å². The van der Waals surface area contributed by atoms with Gasteiger partial charge in [-0.2, -0.15) is 11.8 Å². The van der Waals surface area contributed by atoms with E-state index in [0.29, 0.717) is 0 Å². The third kappa shape index (κ3) is 15.7. The van der Waals surface area contributed by atoms with Crippen molar-refractivity contribution in [2.75, 3.05) is 0 Å². The van der Waals surface area contributed by atoms with E-state index in [1.54, 1.807) is 0 Å². The fourth-order valence-electron chi connectivity index (χ4n) is 1.44. The van der Waals surface area contributed by atoms with Gasteiger partial charge in [-0.15, -0.1) is 0 Å². The van der Waals surface area contributed by atoms with Gasteiger partial charge < -0.3 is 16.6 Å². The van der Waals surface area contributed by atoms with Crippen LogP contribution in [-0.4, -0.2) is 17.0 Å². The van der Waals surface area contributed by atoms with Crippen molar-refractivity contribution in [3.05, 3.63) is 71.8 Å². The molecule has 0 saturated heterocycles. The Labute approximate surface area is 141 Å². The zero-order chi connectivity index (χ0) is 17.5. The van der Waals surface area contributed by atoms with E-state index in [1.165, 1.54) is 11.1 Å². The minimum absolute atomic E-state index is 0.333. The molecule has 2 aromatic rings. The molecule has 0 heterocycles. The quantitative estimate of drug-likeness (QED) is 0.507. The van der Waals surface area contributed by atoms with Crippen molar-refractivity contribution < 1.29 is 9.90 Å². The number of rotatable bonds is 4. The van der Waals surface area contributed by atoms with E-state index in [9.17, 15) is 0 Å². The second kappa shape index (κ2) is 13.2. The molecule has 0 aliphatic carbocycles. The lowest BCUT2D eigenvalue weighted by atomic mass is 10.2. The lowest BCUT2D eigenvalue weighted by molar-refractivity contribution is -0.134. The summed E-state index contributed by atoms with van der Waals surface area (Å²) in [4.78, 5) is 9.00. The third-order valence-corrected chi connectivity index (χ3v) is 3.30. The number of carbonyl (C=O) groups is 1. The van der Waals surface area contributed by atoms with E-state index < -0.39 is 5.97 Å². The zero-order valence-corrected chi connectivity index (χ0v) is 13.9. The molecule has 0 fully saturated rings. The van der Waals surface area contributed by atoms with Crippen molar-refractivity contribution in [2.45, 2.75) is 18.4 Å². The summed E-state index contributed by atoms with van der Waals surface area (Å²) < 4.78 is 0. The fourth-order valence-corrected chi connectivity index (χ4v) is 2.39. The van der Waals surface area contributed by atoms with Crippen molar-refractivity contribution in [3.8, 4) is 0 Å². The Hall–Kier alpha value is -2.47. The highest BCUT2D eigenvalue weighted by molar-refractivity contribution is 7.97. The van der Waals surface area contributed by atoms with Gasteiger partial charge in [-0.1, -0.05) is 60.7 Å². The van der Waals surface area contributed by atoms with E-state index in [0.717, 1.165) is 18.4 Å². The monoisotopic (exact) mass is 333 g/mol. The van der Waals surface area contributed by atoms with Gasteiger partial charge in [-0.3, -0.25) is 10.2 Å². The molecule has 5 nitrogen and oxygen atoms in total. The summed E-state index contributed by atoms with van der Waals surface area (Å²) >= 11 is 1.96. The van der Waals surface area contributed by atoms with Crippen LogP contribution >= 0.6 is 11.8 Å². The molecule has 0 atom stereocenters. The summed E-state index contributed by atoms with van der Waals surface area (Å²) in [5.41, 5.74) is 11.7. The summed E-state index contributed by atoms with van der Waals surface area (Å²) in [5.74, 6) is 1.02. The molecule has 124 valence electrons. The third-order valence-electron chi connectivity index (χ3n) is 2.22. The van der Waals surface area contributed by atoms with Crippen LogP contribution in [-0.2, 0) is 16.3 Å². The maximum Gasteiger partial charge on any atom is 0.300 e. The Morgan fingerprint density at radius 2 is 1.22 bits per heavy atom. The SMILES string of the molecule is CC(=O)O.N=C(N)N.c1ccc(CSCc2ccccc2)cc1. The average Bonchev–Trinajstić information content (AvgIpc) is 2.48. The standard InChI is InChI=1S/C14H14S.C2H4O2.CH5N3/c1-3-7-13(8-4-1)11-15-12-14-9-5-2-6-10-14;1-2(3)4;2-1(3)4/h1-10H,11-12H2;1H3,(H,3,4);(H5,2,3,4). The Morgan fingerprint density at radius 3 is 1.48 bits per heavy atom. The van der Waals surface area contributed by atoms with Crippen LogP contribution in [0.5, 0.6) is 0 Å². The molecule has 0 saturated carbocycles. The van der Waals surface area contributed by atoms with Crippen LogP contribution in [0.25, 0.3) is 0 Å². The van der Waals surface area contributed by atoms with Gasteiger partial charge in [0.25, 0.3) is 5.97 Å². The average molecular weight is 333 g/mol. The van der Waals surface area contributed by atoms with Crippen molar-refractivity contribution >= 4 is 23.7 Å². The highest BCUT2D eigenvalue weighted by atomic mass is 32.2. The van der Waals surface area contributed by atoms with Crippen molar-refractivity contribution in [1.29, 1.82) is 5.41 Å². The number of nitrogens with two attached hydrogens (primary N) is 2. The summed E-state index contributed by atoms with van der Waals surface area (Å²) in [6.45, 7) is 1.08. The second-order valence-electron chi connectivity index (χ2n) is 4.44. The highest BCUT2D eigenvalue weighted by Crippen LogP contribution is 2.17. The first kappa shape index (κ1) is 20.5. The first-order chi connectivity index (χ1) is 10.9. The Kier molecular flexibility index (Phi) is 11.8. The van der Waals surface area contributed by atoms with Gasteiger partial charge >= 0.3 is 0 Å². The number of hydrogen-bond acceptors (Lipinski definition) is 3. The van der Waals surface area contributed by atoms with Gasteiger partial charge in [0.15, 0.2) is 5.96 Å².